The highest BCUT2D eigenvalue weighted by Gasteiger charge is 2.26. The monoisotopic (exact) mass is 251 g/mol. The van der Waals surface area contributed by atoms with E-state index in [1.807, 2.05) is 0 Å². The molecule has 0 aromatic carbocycles. The highest BCUT2D eigenvalue weighted by atomic mass is 16.4. The predicted molar refractivity (Wildman–Crippen MR) is 65.3 cm³/mol. The van der Waals surface area contributed by atoms with Crippen molar-refractivity contribution in [2.45, 2.75) is 31.7 Å². The summed E-state index contributed by atoms with van der Waals surface area (Å²) < 4.78 is 4.66. The number of aliphatic hydroxyl groups excluding tert-OH is 1. The average molecular weight is 251 g/mol. The van der Waals surface area contributed by atoms with Gasteiger partial charge in [-0.25, -0.2) is 4.79 Å². The van der Waals surface area contributed by atoms with Gasteiger partial charge in [-0.05, 0) is 18.9 Å². The Morgan fingerprint density at radius 2 is 2.17 bits per heavy atom. The summed E-state index contributed by atoms with van der Waals surface area (Å²) in [5.74, 6) is -0.137. The van der Waals surface area contributed by atoms with E-state index in [9.17, 15) is 14.7 Å². The molecule has 0 spiro atoms. The molecule has 98 valence electrons. The number of carbonyl (C=O) groups excluding carboxylic acids is 1. The summed E-state index contributed by atoms with van der Waals surface area (Å²) in [4.78, 5) is 22.7. The van der Waals surface area contributed by atoms with Gasteiger partial charge in [-0.1, -0.05) is 12.8 Å². The molecule has 0 aliphatic heterocycles. The Bertz CT molecular complexity index is 448. The van der Waals surface area contributed by atoms with Crippen molar-refractivity contribution in [1.29, 1.82) is 0 Å². The third-order valence-corrected chi connectivity index (χ3v) is 3.42. The summed E-state index contributed by atoms with van der Waals surface area (Å²) in [6.07, 6.45) is 5.14. The Labute approximate surface area is 105 Å². The molecule has 1 fully saturated rings. The first kappa shape index (κ1) is 12.8. The summed E-state index contributed by atoms with van der Waals surface area (Å²) in [6, 6.07) is 2.67. The minimum atomic E-state index is -0.475. The van der Waals surface area contributed by atoms with Gasteiger partial charge in [0, 0.05) is 24.6 Å². The van der Waals surface area contributed by atoms with Crippen LogP contribution >= 0.6 is 0 Å². The molecule has 1 aromatic heterocycles. The van der Waals surface area contributed by atoms with Crippen LogP contribution < -0.4 is 10.9 Å². The molecule has 1 amide bonds. The minimum absolute atomic E-state index is 0.00294. The lowest BCUT2D eigenvalue weighted by molar-refractivity contribution is 0.0870. The molecule has 2 N–H and O–H groups in total. The van der Waals surface area contributed by atoms with Gasteiger partial charge in [-0.3, -0.25) is 4.79 Å². The highest BCUT2D eigenvalue weighted by molar-refractivity contribution is 5.93. The first-order valence-electron chi connectivity index (χ1n) is 6.21. The van der Waals surface area contributed by atoms with Crippen LogP contribution in [0.1, 0.15) is 36.0 Å². The third kappa shape index (κ3) is 2.98. The van der Waals surface area contributed by atoms with Gasteiger partial charge in [0.25, 0.3) is 5.91 Å². The summed E-state index contributed by atoms with van der Waals surface area (Å²) >= 11 is 0. The van der Waals surface area contributed by atoms with Gasteiger partial charge in [0.2, 0.25) is 0 Å². The average Bonchev–Trinajstić information content (AvgIpc) is 2.40. The van der Waals surface area contributed by atoms with E-state index in [1.165, 1.54) is 12.1 Å². The lowest BCUT2D eigenvalue weighted by Crippen LogP contribution is -2.43. The molecule has 0 radical (unpaired) electrons. The van der Waals surface area contributed by atoms with Crippen molar-refractivity contribution in [2.24, 2.45) is 5.92 Å². The van der Waals surface area contributed by atoms with Crippen LogP contribution in [0, 0.1) is 5.92 Å². The quantitative estimate of drug-likeness (QED) is 0.837. The first-order chi connectivity index (χ1) is 8.70. The van der Waals surface area contributed by atoms with E-state index in [1.54, 1.807) is 0 Å². The van der Waals surface area contributed by atoms with Gasteiger partial charge < -0.3 is 14.8 Å². The van der Waals surface area contributed by atoms with Gasteiger partial charge in [0.05, 0.1) is 5.56 Å². The van der Waals surface area contributed by atoms with Gasteiger partial charge in [0.15, 0.2) is 0 Å². The zero-order chi connectivity index (χ0) is 13.0. The third-order valence-electron chi connectivity index (χ3n) is 3.42. The van der Waals surface area contributed by atoms with Crippen LogP contribution in [0.4, 0.5) is 0 Å². The van der Waals surface area contributed by atoms with Crippen LogP contribution in [0.3, 0.4) is 0 Å². The Morgan fingerprint density at radius 1 is 1.39 bits per heavy atom. The molecule has 1 aromatic rings. The van der Waals surface area contributed by atoms with E-state index in [-0.39, 0.29) is 24.5 Å². The molecule has 1 saturated carbocycles. The fourth-order valence-electron chi connectivity index (χ4n) is 2.36. The molecule has 2 rings (SSSR count). The van der Waals surface area contributed by atoms with E-state index in [0.717, 1.165) is 31.9 Å². The maximum absolute atomic E-state index is 11.9. The Kier molecular flexibility index (Phi) is 4.15. The van der Waals surface area contributed by atoms with Crippen molar-refractivity contribution in [3.8, 4) is 0 Å². The van der Waals surface area contributed by atoms with Crippen molar-refractivity contribution >= 4 is 5.91 Å². The molecule has 18 heavy (non-hydrogen) atoms. The molecule has 1 aliphatic carbocycles. The smallest absolute Gasteiger partial charge is 0.335 e. The highest BCUT2D eigenvalue weighted by Crippen LogP contribution is 2.24. The first-order valence-corrected chi connectivity index (χ1v) is 6.21. The molecule has 1 heterocycles. The molecule has 0 saturated heterocycles. The van der Waals surface area contributed by atoms with Crippen LogP contribution in [0.2, 0.25) is 0 Å². The van der Waals surface area contributed by atoms with E-state index < -0.39 is 5.63 Å². The lowest BCUT2D eigenvalue weighted by atomic mass is 9.85. The fraction of sp³-hybridized carbons (Fsp3) is 0.538. The molecular formula is C13H17NO4. The summed E-state index contributed by atoms with van der Waals surface area (Å²) in [6.45, 7) is 0.0921. The molecule has 0 bridgehead atoms. The topological polar surface area (TPSA) is 79.5 Å². The van der Waals surface area contributed by atoms with Crippen LogP contribution in [0.5, 0.6) is 0 Å². The number of hydrogen-bond acceptors (Lipinski definition) is 4. The largest absolute Gasteiger partial charge is 0.430 e. The number of aliphatic hydroxyl groups is 1. The summed E-state index contributed by atoms with van der Waals surface area (Å²) in [5.41, 5.74) is -0.144. The molecule has 5 nitrogen and oxygen atoms in total. The second-order valence-electron chi connectivity index (χ2n) is 4.65. The SMILES string of the molecule is O=C(NC1CCCCC1CO)c1ccc(=O)oc1. The Morgan fingerprint density at radius 3 is 2.83 bits per heavy atom. The van der Waals surface area contributed by atoms with Crippen molar-refractivity contribution in [3.63, 3.8) is 0 Å². The van der Waals surface area contributed by atoms with Crippen molar-refractivity contribution < 1.29 is 14.3 Å². The second kappa shape index (κ2) is 5.82. The van der Waals surface area contributed by atoms with Crippen LogP contribution in [0.15, 0.2) is 27.6 Å². The Balaban J connectivity index is 2.01. The van der Waals surface area contributed by atoms with Gasteiger partial charge in [-0.2, -0.15) is 0 Å². The summed E-state index contributed by atoms with van der Waals surface area (Å²) in [7, 11) is 0. The molecule has 1 aliphatic rings. The predicted octanol–water partition coefficient (Wildman–Crippen LogP) is 0.921. The van der Waals surface area contributed by atoms with Crippen molar-refractivity contribution in [3.05, 3.63) is 34.4 Å². The molecular weight excluding hydrogens is 234 g/mol. The number of amides is 1. The maximum atomic E-state index is 11.9. The molecule has 2 atom stereocenters. The van der Waals surface area contributed by atoms with E-state index >= 15 is 0 Å². The van der Waals surface area contributed by atoms with Crippen molar-refractivity contribution in [2.75, 3.05) is 6.61 Å². The van der Waals surface area contributed by atoms with E-state index in [2.05, 4.69) is 9.73 Å². The Hall–Kier alpha value is -1.62. The normalized spacial score (nSPS) is 23.6. The maximum Gasteiger partial charge on any atom is 0.335 e. The fourth-order valence-corrected chi connectivity index (χ4v) is 2.36. The van der Waals surface area contributed by atoms with E-state index in [4.69, 9.17) is 0 Å². The summed E-state index contributed by atoms with van der Waals surface area (Å²) in [5, 5.41) is 12.2. The van der Waals surface area contributed by atoms with Crippen molar-refractivity contribution in [1.82, 2.24) is 5.32 Å². The zero-order valence-electron chi connectivity index (χ0n) is 10.1. The standard InChI is InChI=1S/C13H17NO4/c15-7-9-3-1-2-4-11(9)14-13(17)10-5-6-12(16)18-8-10/h5-6,8-9,11,15H,1-4,7H2,(H,14,17). The second-order valence-corrected chi connectivity index (χ2v) is 4.65. The lowest BCUT2D eigenvalue weighted by Gasteiger charge is -2.30. The molecule has 2 unspecified atom stereocenters. The number of rotatable bonds is 3. The van der Waals surface area contributed by atoms with Crippen LogP contribution in [-0.2, 0) is 0 Å². The number of nitrogens with one attached hydrogen (secondary N) is 1. The van der Waals surface area contributed by atoms with Gasteiger partial charge >= 0.3 is 5.63 Å². The molecule has 5 heteroatoms. The van der Waals surface area contributed by atoms with Gasteiger partial charge in [0.1, 0.15) is 6.26 Å². The number of hydrogen-bond donors (Lipinski definition) is 2. The van der Waals surface area contributed by atoms with Gasteiger partial charge in [-0.15, -0.1) is 0 Å². The van der Waals surface area contributed by atoms with Crippen LogP contribution in [-0.4, -0.2) is 23.7 Å². The van der Waals surface area contributed by atoms with E-state index in [0.29, 0.717) is 5.56 Å². The van der Waals surface area contributed by atoms with Crippen LogP contribution in [0.25, 0.3) is 0 Å². The zero-order valence-corrected chi connectivity index (χ0v) is 10.1. The minimum Gasteiger partial charge on any atom is -0.430 e. The number of carbonyl (C=O) groups is 1.